The standard InChI is InChI=1S/C14H17N3O2S/c1-9(2)15-8-13-16-17-14(20-13)10-3-4-11-12(7-10)19-6-5-18-11/h3-4,7,9,15H,5-6,8H2,1-2H3. The van der Waals surface area contributed by atoms with Crippen molar-refractivity contribution >= 4 is 11.3 Å². The van der Waals surface area contributed by atoms with E-state index in [2.05, 4.69) is 29.4 Å². The second-order valence-electron chi connectivity index (χ2n) is 4.89. The molecule has 0 spiro atoms. The van der Waals surface area contributed by atoms with Crippen LogP contribution >= 0.6 is 11.3 Å². The van der Waals surface area contributed by atoms with Gasteiger partial charge in [-0.05, 0) is 18.2 Å². The number of aromatic nitrogens is 2. The van der Waals surface area contributed by atoms with Crippen molar-refractivity contribution in [1.29, 1.82) is 0 Å². The lowest BCUT2D eigenvalue weighted by atomic mass is 10.2. The highest BCUT2D eigenvalue weighted by Crippen LogP contribution is 2.35. The molecule has 0 bridgehead atoms. The van der Waals surface area contributed by atoms with Crippen LogP contribution in [0.4, 0.5) is 0 Å². The third-order valence-corrected chi connectivity index (χ3v) is 3.89. The number of nitrogens with one attached hydrogen (secondary N) is 1. The van der Waals surface area contributed by atoms with Crippen LogP contribution in [0, 0.1) is 0 Å². The summed E-state index contributed by atoms with van der Waals surface area (Å²) in [6.45, 7) is 6.18. The molecule has 0 saturated carbocycles. The van der Waals surface area contributed by atoms with E-state index < -0.39 is 0 Å². The molecule has 6 heteroatoms. The zero-order valence-electron chi connectivity index (χ0n) is 11.5. The first kappa shape index (κ1) is 13.3. The molecular weight excluding hydrogens is 274 g/mol. The number of hydrogen-bond acceptors (Lipinski definition) is 6. The maximum atomic E-state index is 5.59. The van der Waals surface area contributed by atoms with Crippen LogP contribution in [0.2, 0.25) is 0 Å². The first-order valence-corrected chi connectivity index (χ1v) is 7.50. The van der Waals surface area contributed by atoms with Gasteiger partial charge in [0.25, 0.3) is 0 Å². The molecule has 0 radical (unpaired) electrons. The van der Waals surface area contributed by atoms with Gasteiger partial charge in [0.2, 0.25) is 0 Å². The molecule has 5 nitrogen and oxygen atoms in total. The summed E-state index contributed by atoms with van der Waals surface area (Å²) in [6, 6.07) is 6.33. The Morgan fingerprint density at radius 3 is 2.80 bits per heavy atom. The molecule has 1 aromatic heterocycles. The number of rotatable bonds is 4. The number of fused-ring (bicyclic) bond motifs is 1. The Balaban J connectivity index is 1.79. The van der Waals surface area contributed by atoms with Crippen LogP contribution in [0.3, 0.4) is 0 Å². The van der Waals surface area contributed by atoms with E-state index in [4.69, 9.17) is 9.47 Å². The number of benzene rings is 1. The fourth-order valence-corrected chi connectivity index (χ4v) is 2.70. The van der Waals surface area contributed by atoms with Crippen LogP contribution in [0.25, 0.3) is 10.6 Å². The molecule has 0 amide bonds. The number of ether oxygens (including phenoxy) is 2. The van der Waals surface area contributed by atoms with Crippen LogP contribution in [-0.2, 0) is 6.54 Å². The zero-order chi connectivity index (χ0) is 13.9. The predicted octanol–water partition coefficient (Wildman–Crippen LogP) is 2.47. The molecule has 3 rings (SSSR count). The van der Waals surface area contributed by atoms with Gasteiger partial charge in [-0.1, -0.05) is 25.2 Å². The fraction of sp³-hybridized carbons (Fsp3) is 0.429. The average molecular weight is 291 g/mol. The Labute approximate surface area is 121 Å². The molecule has 1 N–H and O–H groups in total. The SMILES string of the molecule is CC(C)NCc1nnc(-c2ccc3c(c2)OCCO3)s1. The van der Waals surface area contributed by atoms with Crippen molar-refractivity contribution in [1.82, 2.24) is 15.5 Å². The summed E-state index contributed by atoms with van der Waals surface area (Å²) in [5.74, 6) is 1.58. The largest absolute Gasteiger partial charge is 0.486 e. The molecular formula is C14H17N3O2S. The molecule has 0 aliphatic carbocycles. The van der Waals surface area contributed by atoms with Crippen LogP contribution in [0.5, 0.6) is 11.5 Å². The lowest BCUT2D eigenvalue weighted by molar-refractivity contribution is 0.171. The molecule has 0 atom stereocenters. The van der Waals surface area contributed by atoms with Crippen LogP contribution in [-0.4, -0.2) is 29.5 Å². The van der Waals surface area contributed by atoms with Crippen molar-refractivity contribution in [3.05, 3.63) is 23.2 Å². The summed E-state index contributed by atoms with van der Waals surface area (Å²) < 4.78 is 11.1. The van der Waals surface area contributed by atoms with E-state index in [1.54, 1.807) is 11.3 Å². The average Bonchev–Trinajstić information content (AvgIpc) is 2.93. The molecule has 1 aromatic carbocycles. The summed E-state index contributed by atoms with van der Waals surface area (Å²) >= 11 is 1.60. The molecule has 0 unspecified atom stereocenters. The number of hydrogen-bond donors (Lipinski definition) is 1. The smallest absolute Gasteiger partial charge is 0.162 e. The monoisotopic (exact) mass is 291 g/mol. The Morgan fingerprint density at radius 2 is 2.00 bits per heavy atom. The van der Waals surface area contributed by atoms with E-state index in [-0.39, 0.29) is 0 Å². The second-order valence-corrected chi connectivity index (χ2v) is 5.96. The Hall–Kier alpha value is -1.66. The van der Waals surface area contributed by atoms with Crippen molar-refractivity contribution in [3.8, 4) is 22.1 Å². The predicted molar refractivity (Wildman–Crippen MR) is 78.3 cm³/mol. The molecule has 1 aliphatic heterocycles. The summed E-state index contributed by atoms with van der Waals surface area (Å²) in [7, 11) is 0. The highest BCUT2D eigenvalue weighted by molar-refractivity contribution is 7.14. The topological polar surface area (TPSA) is 56.3 Å². The summed E-state index contributed by atoms with van der Waals surface area (Å²) in [4.78, 5) is 0. The summed E-state index contributed by atoms with van der Waals surface area (Å²) in [5.41, 5.74) is 1.02. The maximum absolute atomic E-state index is 5.59. The van der Waals surface area contributed by atoms with Gasteiger partial charge >= 0.3 is 0 Å². The Morgan fingerprint density at radius 1 is 1.20 bits per heavy atom. The molecule has 1 aliphatic rings. The third-order valence-electron chi connectivity index (χ3n) is 2.92. The van der Waals surface area contributed by atoms with Gasteiger partial charge in [-0.2, -0.15) is 0 Å². The van der Waals surface area contributed by atoms with Crippen molar-refractivity contribution in [2.24, 2.45) is 0 Å². The highest BCUT2D eigenvalue weighted by Gasteiger charge is 2.14. The Kier molecular flexibility index (Phi) is 3.84. The second kappa shape index (κ2) is 5.76. The minimum absolute atomic E-state index is 0.441. The van der Waals surface area contributed by atoms with Crippen LogP contribution < -0.4 is 14.8 Å². The van der Waals surface area contributed by atoms with E-state index in [1.807, 2.05) is 18.2 Å². The van der Waals surface area contributed by atoms with Gasteiger partial charge < -0.3 is 14.8 Å². The van der Waals surface area contributed by atoms with E-state index in [0.29, 0.717) is 19.3 Å². The van der Waals surface area contributed by atoms with Gasteiger partial charge in [-0.3, -0.25) is 0 Å². The molecule has 0 fully saturated rings. The Bertz CT molecular complexity index is 598. The summed E-state index contributed by atoms with van der Waals surface area (Å²) in [5, 5.41) is 13.7. The van der Waals surface area contributed by atoms with E-state index in [9.17, 15) is 0 Å². The van der Waals surface area contributed by atoms with Gasteiger partial charge in [-0.25, -0.2) is 0 Å². The van der Waals surface area contributed by atoms with Crippen LogP contribution in [0.15, 0.2) is 18.2 Å². The molecule has 2 heterocycles. The minimum Gasteiger partial charge on any atom is -0.486 e. The number of nitrogens with zero attached hydrogens (tertiary/aromatic N) is 2. The van der Waals surface area contributed by atoms with E-state index in [1.165, 1.54) is 0 Å². The first-order valence-electron chi connectivity index (χ1n) is 6.68. The lowest BCUT2D eigenvalue weighted by Gasteiger charge is -2.18. The summed E-state index contributed by atoms with van der Waals surface area (Å²) in [6.07, 6.45) is 0. The quantitative estimate of drug-likeness (QED) is 0.938. The molecule has 0 saturated heterocycles. The van der Waals surface area contributed by atoms with Gasteiger partial charge in [-0.15, -0.1) is 10.2 Å². The normalized spacial score (nSPS) is 13.8. The fourth-order valence-electron chi connectivity index (χ4n) is 1.91. The van der Waals surface area contributed by atoms with Crippen molar-refractivity contribution < 1.29 is 9.47 Å². The third kappa shape index (κ3) is 2.91. The molecule has 2 aromatic rings. The van der Waals surface area contributed by atoms with Gasteiger partial charge in [0.1, 0.15) is 23.2 Å². The molecule has 20 heavy (non-hydrogen) atoms. The van der Waals surface area contributed by atoms with Crippen LogP contribution in [0.1, 0.15) is 18.9 Å². The van der Waals surface area contributed by atoms with Gasteiger partial charge in [0.15, 0.2) is 11.5 Å². The minimum atomic E-state index is 0.441. The lowest BCUT2D eigenvalue weighted by Crippen LogP contribution is -2.21. The first-order chi connectivity index (χ1) is 9.72. The van der Waals surface area contributed by atoms with Crippen molar-refractivity contribution in [3.63, 3.8) is 0 Å². The van der Waals surface area contributed by atoms with Crippen molar-refractivity contribution in [2.45, 2.75) is 26.4 Å². The van der Waals surface area contributed by atoms with Gasteiger partial charge in [0, 0.05) is 18.2 Å². The van der Waals surface area contributed by atoms with E-state index >= 15 is 0 Å². The van der Waals surface area contributed by atoms with Gasteiger partial charge in [0.05, 0.1) is 0 Å². The maximum Gasteiger partial charge on any atom is 0.162 e. The van der Waals surface area contributed by atoms with E-state index in [0.717, 1.165) is 33.6 Å². The highest BCUT2D eigenvalue weighted by atomic mass is 32.1. The zero-order valence-corrected chi connectivity index (χ0v) is 12.4. The van der Waals surface area contributed by atoms with Crippen molar-refractivity contribution in [2.75, 3.05) is 13.2 Å². The molecule has 106 valence electrons.